The molecule has 1 unspecified atom stereocenters. The van der Waals surface area contributed by atoms with E-state index in [1.807, 2.05) is 25.2 Å². The molecule has 110 valence electrons. The third-order valence-corrected chi connectivity index (χ3v) is 4.43. The molecule has 0 bridgehead atoms. The first-order chi connectivity index (χ1) is 9.63. The van der Waals surface area contributed by atoms with Crippen LogP contribution in [0.25, 0.3) is 0 Å². The zero-order valence-electron chi connectivity index (χ0n) is 12.2. The second-order valence-corrected chi connectivity index (χ2v) is 6.32. The second-order valence-electron chi connectivity index (χ2n) is 5.01. The minimum absolute atomic E-state index is 0.135. The Morgan fingerprint density at radius 2 is 2.35 bits per heavy atom. The van der Waals surface area contributed by atoms with Crippen molar-refractivity contribution < 1.29 is 4.74 Å². The highest BCUT2D eigenvalue weighted by atomic mass is 32.2. The van der Waals surface area contributed by atoms with Crippen LogP contribution in [0.1, 0.15) is 25.3 Å². The highest BCUT2D eigenvalue weighted by molar-refractivity contribution is 7.99. The highest BCUT2D eigenvalue weighted by Crippen LogP contribution is 2.30. The van der Waals surface area contributed by atoms with Crippen LogP contribution in [0, 0.1) is 5.41 Å². The van der Waals surface area contributed by atoms with Crippen LogP contribution in [0.15, 0.2) is 23.1 Å². The number of amidine groups is 1. The maximum Gasteiger partial charge on any atom is 0.126 e. The van der Waals surface area contributed by atoms with E-state index in [1.54, 1.807) is 11.8 Å². The van der Waals surface area contributed by atoms with Gasteiger partial charge in [0.25, 0.3) is 0 Å². The Kier molecular flexibility index (Phi) is 5.31. The number of thioether (sulfide) groups is 1. The molecule has 5 heteroatoms. The Labute approximate surface area is 125 Å². The van der Waals surface area contributed by atoms with Crippen molar-refractivity contribution in [2.75, 3.05) is 30.9 Å². The summed E-state index contributed by atoms with van der Waals surface area (Å²) in [6.45, 7) is 3.82. The monoisotopic (exact) mass is 293 g/mol. The molecule has 1 aromatic rings. The number of rotatable bonds is 6. The van der Waals surface area contributed by atoms with E-state index in [-0.39, 0.29) is 5.84 Å². The van der Waals surface area contributed by atoms with Crippen LogP contribution in [0.5, 0.6) is 0 Å². The zero-order chi connectivity index (χ0) is 14.5. The SMILES string of the molecule is CCSc1cccc(N(C)CC2CCCO2)c1C(=N)N. The normalized spacial score (nSPS) is 18.2. The summed E-state index contributed by atoms with van der Waals surface area (Å²) in [5, 5.41) is 7.88. The third-order valence-electron chi connectivity index (χ3n) is 3.49. The molecular formula is C15H23N3OS. The molecule has 20 heavy (non-hydrogen) atoms. The topological polar surface area (TPSA) is 62.3 Å². The maximum absolute atomic E-state index is 7.88. The number of benzene rings is 1. The molecule has 4 nitrogen and oxygen atoms in total. The maximum atomic E-state index is 7.88. The number of nitrogens with zero attached hydrogens (tertiary/aromatic N) is 1. The quantitative estimate of drug-likeness (QED) is 0.481. The molecule has 2 rings (SSSR count). The Morgan fingerprint density at radius 1 is 1.55 bits per heavy atom. The fraction of sp³-hybridized carbons (Fsp3) is 0.533. The van der Waals surface area contributed by atoms with E-state index in [1.165, 1.54) is 0 Å². The van der Waals surface area contributed by atoms with Gasteiger partial charge >= 0.3 is 0 Å². The molecule has 0 aromatic heterocycles. The number of hydrogen-bond donors (Lipinski definition) is 2. The summed E-state index contributed by atoms with van der Waals surface area (Å²) in [5.74, 6) is 1.11. The van der Waals surface area contributed by atoms with E-state index in [2.05, 4.69) is 11.8 Å². The lowest BCUT2D eigenvalue weighted by Gasteiger charge is -2.26. The largest absolute Gasteiger partial charge is 0.384 e. The Hall–Kier alpha value is -1.20. The first kappa shape index (κ1) is 15.2. The minimum Gasteiger partial charge on any atom is -0.384 e. The average Bonchev–Trinajstić information content (AvgIpc) is 2.91. The lowest BCUT2D eigenvalue weighted by molar-refractivity contribution is 0.116. The van der Waals surface area contributed by atoms with E-state index in [4.69, 9.17) is 15.9 Å². The summed E-state index contributed by atoms with van der Waals surface area (Å²) in [4.78, 5) is 3.24. The number of nitrogens with two attached hydrogens (primary N) is 1. The third kappa shape index (κ3) is 3.46. The van der Waals surface area contributed by atoms with Crippen LogP contribution in [0.2, 0.25) is 0 Å². The van der Waals surface area contributed by atoms with Crippen LogP contribution < -0.4 is 10.6 Å². The molecule has 1 atom stereocenters. The molecule has 0 saturated carbocycles. The minimum atomic E-state index is 0.135. The summed E-state index contributed by atoms with van der Waals surface area (Å²) in [6.07, 6.45) is 2.55. The van der Waals surface area contributed by atoms with Gasteiger partial charge in [-0.1, -0.05) is 13.0 Å². The average molecular weight is 293 g/mol. The van der Waals surface area contributed by atoms with Crippen molar-refractivity contribution in [1.82, 2.24) is 0 Å². The van der Waals surface area contributed by atoms with Gasteiger partial charge in [-0.3, -0.25) is 5.41 Å². The van der Waals surface area contributed by atoms with Crippen molar-refractivity contribution in [2.24, 2.45) is 5.73 Å². The predicted octanol–water partition coefficient (Wildman–Crippen LogP) is 2.70. The molecular weight excluding hydrogens is 270 g/mol. The molecule has 1 saturated heterocycles. The molecule has 1 fully saturated rings. The molecule has 0 spiro atoms. The number of likely N-dealkylation sites (N-methyl/N-ethyl adjacent to an activating group) is 1. The van der Waals surface area contributed by atoms with Crippen molar-refractivity contribution >= 4 is 23.3 Å². The first-order valence-corrected chi connectivity index (χ1v) is 8.05. The van der Waals surface area contributed by atoms with Gasteiger partial charge in [-0.2, -0.15) is 0 Å². The number of hydrogen-bond acceptors (Lipinski definition) is 4. The van der Waals surface area contributed by atoms with Gasteiger partial charge in [0.2, 0.25) is 0 Å². The van der Waals surface area contributed by atoms with Crippen LogP contribution in [0.3, 0.4) is 0 Å². The molecule has 3 N–H and O–H groups in total. The van der Waals surface area contributed by atoms with Crippen molar-refractivity contribution in [2.45, 2.75) is 30.8 Å². The summed E-state index contributed by atoms with van der Waals surface area (Å²) < 4.78 is 5.69. The standard InChI is InChI=1S/C15H23N3OS/c1-3-20-13-8-4-7-12(14(13)15(16)17)18(2)10-11-6-5-9-19-11/h4,7-8,11H,3,5-6,9-10H2,1-2H3,(H3,16,17). The highest BCUT2D eigenvalue weighted by Gasteiger charge is 2.20. The summed E-state index contributed by atoms with van der Waals surface area (Å²) in [6, 6.07) is 6.10. The van der Waals surface area contributed by atoms with Gasteiger partial charge in [-0.05, 0) is 30.7 Å². The molecule has 1 aromatic carbocycles. The Balaban J connectivity index is 2.24. The lowest BCUT2D eigenvalue weighted by Crippen LogP contribution is -2.30. The fourth-order valence-corrected chi connectivity index (χ4v) is 3.42. The van der Waals surface area contributed by atoms with E-state index < -0.39 is 0 Å². The number of anilines is 1. The van der Waals surface area contributed by atoms with Crippen LogP contribution in [0.4, 0.5) is 5.69 Å². The van der Waals surface area contributed by atoms with Gasteiger partial charge in [-0.25, -0.2) is 0 Å². The summed E-state index contributed by atoms with van der Waals surface area (Å²) >= 11 is 1.73. The molecule has 0 radical (unpaired) electrons. The predicted molar refractivity (Wildman–Crippen MR) is 86.1 cm³/mol. The summed E-state index contributed by atoms with van der Waals surface area (Å²) in [5.41, 5.74) is 7.67. The van der Waals surface area contributed by atoms with Gasteiger partial charge < -0.3 is 15.4 Å². The van der Waals surface area contributed by atoms with E-state index in [9.17, 15) is 0 Å². The molecule has 1 aliphatic heterocycles. The van der Waals surface area contributed by atoms with E-state index in [0.29, 0.717) is 6.10 Å². The van der Waals surface area contributed by atoms with Crippen LogP contribution in [-0.4, -0.2) is 37.9 Å². The Morgan fingerprint density at radius 3 is 2.95 bits per heavy atom. The Bertz CT molecular complexity index is 472. The number of ether oxygens (including phenoxy) is 1. The van der Waals surface area contributed by atoms with Gasteiger partial charge in [-0.15, -0.1) is 11.8 Å². The first-order valence-electron chi connectivity index (χ1n) is 7.06. The van der Waals surface area contributed by atoms with Gasteiger partial charge in [0.1, 0.15) is 5.84 Å². The molecule has 1 heterocycles. The number of nitrogen functional groups attached to an aromatic ring is 1. The smallest absolute Gasteiger partial charge is 0.126 e. The fourth-order valence-electron chi connectivity index (χ4n) is 2.58. The van der Waals surface area contributed by atoms with E-state index >= 15 is 0 Å². The van der Waals surface area contributed by atoms with Gasteiger partial charge in [0.05, 0.1) is 11.7 Å². The van der Waals surface area contributed by atoms with E-state index in [0.717, 1.165) is 47.9 Å². The van der Waals surface area contributed by atoms with Crippen molar-refractivity contribution in [1.29, 1.82) is 5.41 Å². The van der Waals surface area contributed by atoms with Gasteiger partial charge in [0, 0.05) is 30.8 Å². The van der Waals surface area contributed by atoms with Crippen LogP contribution >= 0.6 is 11.8 Å². The van der Waals surface area contributed by atoms with Crippen molar-refractivity contribution in [3.8, 4) is 0 Å². The van der Waals surface area contributed by atoms with Gasteiger partial charge in [0.15, 0.2) is 0 Å². The summed E-state index contributed by atoms with van der Waals surface area (Å²) in [7, 11) is 2.05. The zero-order valence-corrected chi connectivity index (χ0v) is 13.0. The second kappa shape index (κ2) is 6.99. The van der Waals surface area contributed by atoms with Crippen molar-refractivity contribution in [3.63, 3.8) is 0 Å². The molecule has 1 aliphatic rings. The van der Waals surface area contributed by atoms with Crippen molar-refractivity contribution in [3.05, 3.63) is 23.8 Å². The molecule has 0 aliphatic carbocycles. The lowest BCUT2D eigenvalue weighted by atomic mass is 10.1. The van der Waals surface area contributed by atoms with Crippen LogP contribution in [-0.2, 0) is 4.74 Å². The molecule has 0 amide bonds. The number of nitrogens with one attached hydrogen (secondary N) is 1.